The maximum Gasteiger partial charge on any atom is 0.239 e. The second-order valence-corrected chi connectivity index (χ2v) is 3.99. The van der Waals surface area contributed by atoms with Crippen LogP contribution in [0.3, 0.4) is 0 Å². The van der Waals surface area contributed by atoms with Gasteiger partial charge in [0.1, 0.15) is 12.2 Å². The Labute approximate surface area is 94.7 Å². The molecule has 0 fully saturated rings. The third-order valence-corrected chi connectivity index (χ3v) is 2.69. The first-order chi connectivity index (χ1) is 6.65. The molecule has 0 spiro atoms. The van der Waals surface area contributed by atoms with Gasteiger partial charge in [0, 0.05) is 0 Å². The average molecular weight is 285 g/mol. The summed E-state index contributed by atoms with van der Waals surface area (Å²) in [5.41, 5.74) is -2.75. The van der Waals surface area contributed by atoms with Gasteiger partial charge in [-0.3, -0.25) is 9.59 Å². The maximum atomic E-state index is 11.0. The van der Waals surface area contributed by atoms with Crippen LogP contribution >= 0.6 is 15.9 Å². The first kappa shape index (κ1) is 14.7. The van der Waals surface area contributed by atoms with Gasteiger partial charge in [-0.05, 0) is 29.8 Å². The predicted octanol–water partition coefficient (Wildman–Crippen LogP) is -1.67. The molecule has 0 aliphatic heterocycles. The van der Waals surface area contributed by atoms with Crippen molar-refractivity contribution in [3.63, 3.8) is 0 Å². The Hall–Kier alpha value is -0.340. The quantitative estimate of drug-likeness (QED) is 0.355. The third kappa shape index (κ3) is 2.82. The summed E-state index contributed by atoms with van der Waals surface area (Å²) in [5.74, 6) is -1.03. The SMILES string of the molecule is CC(=O)[C@](O)(C(=O)Br)[C@@H](O)[C@@H](O)[C@@H](C)O. The first-order valence-corrected chi connectivity index (χ1v) is 4.92. The number of rotatable bonds is 5. The van der Waals surface area contributed by atoms with Gasteiger partial charge in [-0.1, -0.05) is 0 Å². The van der Waals surface area contributed by atoms with Gasteiger partial charge in [0.2, 0.25) is 10.3 Å². The Balaban J connectivity index is 5.12. The van der Waals surface area contributed by atoms with E-state index in [2.05, 4.69) is 15.9 Å². The molecule has 4 atom stereocenters. The summed E-state index contributed by atoms with van der Waals surface area (Å²) in [6.07, 6.45) is -5.29. The van der Waals surface area contributed by atoms with Crippen LogP contribution in [0.1, 0.15) is 13.8 Å². The Morgan fingerprint density at radius 3 is 1.87 bits per heavy atom. The number of carbonyl (C=O) groups excluding carboxylic acids is 2. The third-order valence-electron chi connectivity index (χ3n) is 2.08. The number of aliphatic hydroxyl groups excluding tert-OH is 3. The standard InChI is InChI=1S/C8H13BrO6/c1-3(10)5(12)6(13)8(15,4(2)11)7(9)14/h3,5-6,10,12-13,15H,1-2H3/t3-,5+,6+,8-/m1/s1. The van der Waals surface area contributed by atoms with Gasteiger partial charge in [-0.15, -0.1) is 0 Å². The topological polar surface area (TPSA) is 115 Å². The highest BCUT2D eigenvalue weighted by atomic mass is 79.9. The molecule has 0 aromatic carbocycles. The molecule has 0 aromatic heterocycles. The molecule has 4 N–H and O–H groups in total. The summed E-state index contributed by atoms with van der Waals surface area (Å²) >= 11 is 2.35. The molecule has 88 valence electrons. The van der Waals surface area contributed by atoms with E-state index in [4.69, 9.17) is 5.11 Å². The smallest absolute Gasteiger partial charge is 0.239 e. The molecule has 0 radical (unpaired) electrons. The Morgan fingerprint density at radius 1 is 1.27 bits per heavy atom. The second-order valence-electron chi connectivity index (χ2n) is 3.27. The lowest BCUT2D eigenvalue weighted by Crippen LogP contribution is -2.59. The molecule has 0 amide bonds. The largest absolute Gasteiger partial charge is 0.391 e. The Morgan fingerprint density at radius 2 is 1.67 bits per heavy atom. The molecule has 0 heterocycles. The lowest BCUT2D eigenvalue weighted by molar-refractivity contribution is -0.171. The van der Waals surface area contributed by atoms with E-state index in [0.717, 1.165) is 13.8 Å². The number of Topliss-reactive ketones (excluding diaryl/α,β-unsaturated/α-hetero) is 1. The number of hydrogen-bond acceptors (Lipinski definition) is 6. The molecule has 0 unspecified atom stereocenters. The minimum atomic E-state index is -2.75. The van der Waals surface area contributed by atoms with E-state index in [1.54, 1.807) is 0 Å². The number of halogens is 1. The summed E-state index contributed by atoms with van der Waals surface area (Å²) in [5, 5.41) is 37.2. The van der Waals surface area contributed by atoms with Crippen LogP contribution in [-0.4, -0.2) is 54.8 Å². The molecular weight excluding hydrogens is 272 g/mol. The monoisotopic (exact) mass is 284 g/mol. The van der Waals surface area contributed by atoms with E-state index in [1.807, 2.05) is 0 Å². The van der Waals surface area contributed by atoms with Crippen molar-refractivity contribution in [3.05, 3.63) is 0 Å². The van der Waals surface area contributed by atoms with Crippen LogP contribution in [0.5, 0.6) is 0 Å². The molecule has 0 saturated carbocycles. The van der Waals surface area contributed by atoms with Crippen molar-refractivity contribution in [2.24, 2.45) is 0 Å². The molecular formula is C8H13BrO6. The fraction of sp³-hybridized carbons (Fsp3) is 0.750. The fourth-order valence-corrected chi connectivity index (χ4v) is 1.49. The molecule has 7 heteroatoms. The fourth-order valence-electron chi connectivity index (χ4n) is 0.974. The van der Waals surface area contributed by atoms with Crippen molar-refractivity contribution < 1.29 is 30.0 Å². The van der Waals surface area contributed by atoms with Crippen molar-refractivity contribution in [1.82, 2.24) is 0 Å². The summed E-state index contributed by atoms with van der Waals surface area (Å²) in [6, 6.07) is 0. The highest BCUT2D eigenvalue weighted by Crippen LogP contribution is 2.21. The molecule has 0 bridgehead atoms. The van der Waals surface area contributed by atoms with E-state index in [-0.39, 0.29) is 0 Å². The lowest BCUT2D eigenvalue weighted by Gasteiger charge is -2.31. The number of carbonyl (C=O) groups is 2. The van der Waals surface area contributed by atoms with Gasteiger partial charge in [0.15, 0.2) is 5.78 Å². The minimum Gasteiger partial charge on any atom is -0.391 e. The highest BCUT2D eigenvalue weighted by Gasteiger charge is 2.50. The Bertz CT molecular complexity index is 250. The summed E-state index contributed by atoms with van der Waals surface area (Å²) in [4.78, 5) is 22.0. The van der Waals surface area contributed by atoms with Gasteiger partial charge < -0.3 is 20.4 Å². The van der Waals surface area contributed by atoms with Crippen LogP contribution in [0.25, 0.3) is 0 Å². The minimum absolute atomic E-state index is 0.886. The van der Waals surface area contributed by atoms with Crippen LogP contribution < -0.4 is 0 Å². The summed E-state index contributed by atoms with van der Waals surface area (Å²) in [6.45, 7) is 2.03. The molecule has 6 nitrogen and oxygen atoms in total. The summed E-state index contributed by atoms with van der Waals surface area (Å²) in [7, 11) is 0. The van der Waals surface area contributed by atoms with Crippen molar-refractivity contribution in [2.45, 2.75) is 37.8 Å². The van der Waals surface area contributed by atoms with Gasteiger partial charge >= 0.3 is 0 Å². The summed E-state index contributed by atoms with van der Waals surface area (Å²) < 4.78 is -1.17. The zero-order valence-corrected chi connectivity index (χ0v) is 9.80. The number of ketones is 1. The van der Waals surface area contributed by atoms with Gasteiger partial charge in [-0.25, -0.2) is 0 Å². The van der Waals surface area contributed by atoms with Crippen molar-refractivity contribution >= 4 is 26.4 Å². The molecule has 0 aromatic rings. The predicted molar refractivity (Wildman–Crippen MR) is 53.3 cm³/mol. The molecule has 0 aliphatic rings. The first-order valence-electron chi connectivity index (χ1n) is 4.13. The van der Waals surface area contributed by atoms with Crippen molar-refractivity contribution in [1.29, 1.82) is 0 Å². The molecule has 0 aliphatic carbocycles. The molecule has 15 heavy (non-hydrogen) atoms. The van der Waals surface area contributed by atoms with Gasteiger partial charge in [-0.2, -0.15) is 0 Å². The number of hydrogen-bond donors (Lipinski definition) is 4. The van der Waals surface area contributed by atoms with E-state index in [9.17, 15) is 24.9 Å². The average Bonchev–Trinajstić information content (AvgIpc) is 2.13. The lowest BCUT2D eigenvalue weighted by atomic mass is 9.88. The van der Waals surface area contributed by atoms with Crippen LogP contribution in [0.15, 0.2) is 0 Å². The second kappa shape index (κ2) is 5.13. The van der Waals surface area contributed by atoms with Crippen LogP contribution in [0.2, 0.25) is 0 Å². The van der Waals surface area contributed by atoms with Crippen molar-refractivity contribution in [2.75, 3.05) is 0 Å². The van der Waals surface area contributed by atoms with E-state index in [1.165, 1.54) is 0 Å². The Kier molecular flexibility index (Phi) is 5.01. The van der Waals surface area contributed by atoms with Crippen LogP contribution in [-0.2, 0) is 9.59 Å². The number of aliphatic hydroxyl groups is 4. The van der Waals surface area contributed by atoms with Gasteiger partial charge in [0.25, 0.3) is 0 Å². The van der Waals surface area contributed by atoms with E-state index >= 15 is 0 Å². The highest BCUT2D eigenvalue weighted by molar-refractivity contribution is 9.18. The van der Waals surface area contributed by atoms with Gasteiger partial charge in [0.05, 0.1) is 6.10 Å². The van der Waals surface area contributed by atoms with E-state index < -0.39 is 34.4 Å². The zero-order valence-electron chi connectivity index (χ0n) is 8.22. The van der Waals surface area contributed by atoms with Crippen LogP contribution in [0.4, 0.5) is 0 Å². The van der Waals surface area contributed by atoms with Crippen LogP contribution in [0, 0.1) is 0 Å². The van der Waals surface area contributed by atoms with Crippen molar-refractivity contribution in [3.8, 4) is 0 Å². The zero-order chi connectivity index (χ0) is 12.4. The van der Waals surface area contributed by atoms with E-state index in [0.29, 0.717) is 0 Å². The molecule has 0 rings (SSSR count). The maximum absolute atomic E-state index is 11.0. The molecule has 0 saturated heterocycles. The normalized spacial score (nSPS) is 21.3.